The molecule has 82 valence electrons. The fraction of sp³-hybridized carbons (Fsp3) is 0.900. The van der Waals surface area contributed by atoms with E-state index in [0.717, 1.165) is 50.8 Å². The van der Waals surface area contributed by atoms with Crippen molar-refractivity contribution in [1.29, 1.82) is 0 Å². The molecule has 0 bridgehead atoms. The molecule has 0 radical (unpaired) electrons. The van der Waals surface area contributed by atoms with Gasteiger partial charge in [-0.25, -0.2) is 0 Å². The van der Waals surface area contributed by atoms with Crippen molar-refractivity contribution in [2.45, 2.75) is 25.7 Å². The molecule has 0 aromatic rings. The van der Waals surface area contributed by atoms with Gasteiger partial charge in [0.25, 0.3) is 0 Å². The van der Waals surface area contributed by atoms with Crippen LogP contribution in [0.15, 0.2) is 0 Å². The van der Waals surface area contributed by atoms with Gasteiger partial charge in [-0.05, 0) is 12.8 Å². The van der Waals surface area contributed by atoms with E-state index in [1.807, 2.05) is 4.90 Å². The van der Waals surface area contributed by atoms with Gasteiger partial charge in [0.05, 0.1) is 0 Å². The maximum absolute atomic E-state index is 11.6. The van der Waals surface area contributed by atoms with Crippen LogP contribution < -0.4 is 5.32 Å². The van der Waals surface area contributed by atoms with E-state index < -0.39 is 0 Å². The highest BCUT2D eigenvalue weighted by Gasteiger charge is 2.14. The van der Waals surface area contributed by atoms with Crippen molar-refractivity contribution in [1.82, 2.24) is 10.2 Å². The summed E-state index contributed by atoms with van der Waals surface area (Å²) >= 11 is 3.39. The number of unbranched alkanes of at least 4 members (excludes halogenated alkanes) is 2. The zero-order valence-electron chi connectivity index (χ0n) is 8.60. The Morgan fingerprint density at radius 3 is 2.57 bits per heavy atom. The maximum Gasteiger partial charge on any atom is 0.222 e. The third kappa shape index (κ3) is 4.42. The fourth-order valence-corrected chi connectivity index (χ4v) is 2.02. The highest BCUT2D eigenvalue weighted by molar-refractivity contribution is 9.09. The Morgan fingerprint density at radius 1 is 1.21 bits per heavy atom. The van der Waals surface area contributed by atoms with Crippen LogP contribution in [0.2, 0.25) is 0 Å². The lowest BCUT2D eigenvalue weighted by Gasteiger charge is -2.27. The summed E-state index contributed by atoms with van der Waals surface area (Å²) in [5, 5.41) is 4.30. The molecule has 1 N–H and O–H groups in total. The summed E-state index contributed by atoms with van der Waals surface area (Å²) in [5.74, 6) is 0.334. The van der Waals surface area contributed by atoms with E-state index in [1.54, 1.807) is 0 Å². The monoisotopic (exact) mass is 262 g/mol. The normalized spacial score (nSPS) is 17.1. The van der Waals surface area contributed by atoms with E-state index in [1.165, 1.54) is 6.42 Å². The molecule has 1 saturated heterocycles. The molecule has 1 rings (SSSR count). The summed E-state index contributed by atoms with van der Waals surface area (Å²) < 4.78 is 0. The van der Waals surface area contributed by atoms with Crippen molar-refractivity contribution < 1.29 is 4.79 Å². The van der Waals surface area contributed by atoms with Gasteiger partial charge in [0.15, 0.2) is 0 Å². The first kappa shape index (κ1) is 12.0. The van der Waals surface area contributed by atoms with Crippen molar-refractivity contribution in [3.05, 3.63) is 0 Å². The number of nitrogens with zero attached hydrogens (tertiary/aromatic N) is 1. The van der Waals surface area contributed by atoms with Gasteiger partial charge in [-0.15, -0.1) is 0 Å². The lowest BCUT2D eigenvalue weighted by molar-refractivity contribution is -0.131. The number of carbonyl (C=O) groups is 1. The van der Waals surface area contributed by atoms with Crippen LogP contribution in [-0.2, 0) is 4.79 Å². The summed E-state index contributed by atoms with van der Waals surface area (Å²) in [5.41, 5.74) is 0. The van der Waals surface area contributed by atoms with Crippen LogP contribution in [0.25, 0.3) is 0 Å². The highest BCUT2D eigenvalue weighted by Crippen LogP contribution is 2.05. The van der Waals surface area contributed by atoms with E-state index >= 15 is 0 Å². The standard InChI is InChI=1S/C10H19BrN2O/c11-5-3-1-2-4-10(14)13-8-6-12-7-9-13/h12H,1-9H2. The van der Waals surface area contributed by atoms with Crippen LogP contribution in [-0.4, -0.2) is 42.3 Å². The van der Waals surface area contributed by atoms with Gasteiger partial charge in [-0.3, -0.25) is 4.79 Å². The fourth-order valence-electron chi connectivity index (χ4n) is 1.62. The first-order valence-electron chi connectivity index (χ1n) is 5.39. The minimum atomic E-state index is 0.334. The second-order valence-electron chi connectivity index (χ2n) is 3.63. The Morgan fingerprint density at radius 2 is 1.93 bits per heavy atom. The molecule has 3 nitrogen and oxygen atoms in total. The molecule has 4 heteroatoms. The predicted octanol–water partition coefficient (Wildman–Crippen LogP) is 1.37. The number of hydrogen-bond acceptors (Lipinski definition) is 2. The number of piperazine rings is 1. The molecule has 0 spiro atoms. The van der Waals surface area contributed by atoms with Gasteiger partial charge in [0, 0.05) is 37.9 Å². The molecule has 1 heterocycles. The Hall–Kier alpha value is -0.0900. The minimum absolute atomic E-state index is 0.334. The SMILES string of the molecule is O=C(CCCCCBr)N1CCNCC1. The van der Waals surface area contributed by atoms with Gasteiger partial charge in [-0.1, -0.05) is 22.4 Å². The zero-order valence-corrected chi connectivity index (χ0v) is 10.2. The zero-order chi connectivity index (χ0) is 10.2. The van der Waals surface area contributed by atoms with E-state index in [0.29, 0.717) is 5.91 Å². The average molecular weight is 263 g/mol. The summed E-state index contributed by atoms with van der Waals surface area (Å²) in [4.78, 5) is 13.6. The Labute approximate surface area is 94.4 Å². The quantitative estimate of drug-likeness (QED) is 0.600. The first-order valence-corrected chi connectivity index (χ1v) is 6.51. The summed E-state index contributed by atoms with van der Waals surface area (Å²) in [6, 6.07) is 0. The summed E-state index contributed by atoms with van der Waals surface area (Å²) in [7, 11) is 0. The van der Waals surface area contributed by atoms with Crippen molar-refractivity contribution in [2.24, 2.45) is 0 Å². The van der Waals surface area contributed by atoms with Gasteiger partial charge in [0.1, 0.15) is 0 Å². The van der Waals surface area contributed by atoms with E-state index in [-0.39, 0.29) is 0 Å². The van der Waals surface area contributed by atoms with Crippen LogP contribution in [0.4, 0.5) is 0 Å². The van der Waals surface area contributed by atoms with Crippen molar-refractivity contribution in [2.75, 3.05) is 31.5 Å². The van der Waals surface area contributed by atoms with Gasteiger partial charge in [0.2, 0.25) is 5.91 Å². The van der Waals surface area contributed by atoms with E-state index in [4.69, 9.17) is 0 Å². The van der Waals surface area contributed by atoms with Crippen LogP contribution in [0.1, 0.15) is 25.7 Å². The van der Waals surface area contributed by atoms with Crippen molar-refractivity contribution in [3.8, 4) is 0 Å². The number of halogens is 1. The molecule has 1 fully saturated rings. The van der Waals surface area contributed by atoms with Crippen LogP contribution in [0.3, 0.4) is 0 Å². The second kappa shape index (κ2) is 7.23. The lowest BCUT2D eigenvalue weighted by atomic mass is 10.2. The minimum Gasteiger partial charge on any atom is -0.340 e. The Kier molecular flexibility index (Phi) is 6.19. The predicted molar refractivity (Wildman–Crippen MR) is 61.7 cm³/mol. The van der Waals surface area contributed by atoms with E-state index in [9.17, 15) is 4.79 Å². The molecule has 1 amide bonds. The van der Waals surface area contributed by atoms with Crippen molar-refractivity contribution >= 4 is 21.8 Å². The number of nitrogens with one attached hydrogen (secondary N) is 1. The second-order valence-corrected chi connectivity index (χ2v) is 4.42. The van der Waals surface area contributed by atoms with Crippen molar-refractivity contribution in [3.63, 3.8) is 0 Å². The molecular formula is C10H19BrN2O. The molecule has 0 atom stereocenters. The van der Waals surface area contributed by atoms with Gasteiger partial charge < -0.3 is 10.2 Å². The molecule has 0 aliphatic carbocycles. The van der Waals surface area contributed by atoms with Crippen LogP contribution >= 0.6 is 15.9 Å². The summed E-state index contributed by atoms with van der Waals surface area (Å²) in [6.07, 6.45) is 4.10. The van der Waals surface area contributed by atoms with Gasteiger partial charge >= 0.3 is 0 Å². The molecule has 0 aromatic heterocycles. The average Bonchev–Trinajstić information content (AvgIpc) is 2.25. The molecule has 14 heavy (non-hydrogen) atoms. The maximum atomic E-state index is 11.6. The number of hydrogen-bond donors (Lipinski definition) is 1. The molecular weight excluding hydrogens is 244 g/mol. The largest absolute Gasteiger partial charge is 0.340 e. The third-order valence-corrected chi connectivity index (χ3v) is 3.05. The van der Waals surface area contributed by atoms with Crippen LogP contribution in [0, 0.1) is 0 Å². The Balaban J connectivity index is 2.07. The molecule has 0 unspecified atom stereocenters. The Bertz CT molecular complexity index is 170. The van der Waals surface area contributed by atoms with Gasteiger partial charge in [-0.2, -0.15) is 0 Å². The molecule has 0 aromatic carbocycles. The number of amides is 1. The number of rotatable bonds is 5. The first-order chi connectivity index (χ1) is 6.84. The third-order valence-electron chi connectivity index (χ3n) is 2.49. The summed E-state index contributed by atoms with van der Waals surface area (Å²) in [6.45, 7) is 3.68. The topological polar surface area (TPSA) is 32.3 Å². The smallest absolute Gasteiger partial charge is 0.222 e. The lowest BCUT2D eigenvalue weighted by Crippen LogP contribution is -2.46. The number of alkyl halides is 1. The van der Waals surface area contributed by atoms with E-state index in [2.05, 4.69) is 21.2 Å². The molecule has 0 saturated carbocycles. The highest BCUT2D eigenvalue weighted by atomic mass is 79.9. The number of carbonyl (C=O) groups excluding carboxylic acids is 1. The molecule has 1 aliphatic rings. The molecule has 1 aliphatic heterocycles. The van der Waals surface area contributed by atoms with Crippen LogP contribution in [0.5, 0.6) is 0 Å².